The molecule has 4 heteroatoms. The molecule has 60 heavy (non-hydrogen) atoms. The predicted octanol–water partition coefficient (Wildman–Crippen LogP) is 13.9. The molecule has 9 aromatic carbocycles. The van der Waals surface area contributed by atoms with E-state index < -0.39 is 5.41 Å². The minimum atomic E-state index is -0.414. The minimum Gasteiger partial charge on any atom is -0.455 e. The number of hydrogen-bond donors (Lipinski definition) is 0. The summed E-state index contributed by atoms with van der Waals surface area (Å²) in [4.78, 5) is 15.6. The van der Waals surface area contributed by atoms with E-state index in [1.165, 1.54) is 55.6 Å². The molecule has 13 rings (SSSR count). The molecule has 2 aromatic heterocycles. The molecule has 1 spiro atoms. The first-order chi connectivity index (χ1) is 29.8. The van der Waals surface area contributed by atoms with Crippen LogP contribution in [0.15, 0.2) is 205 Å². The van der Waals surface area contributed by atoms with Crippen molar-refractivity contribution in [2.45, 2.75) is 5.41 Å². The maximum absolute atomic E-state index is 6.50. The Labute approximate surface area is 346 Å². The SMILES string of the molecule is c1ccc(-c2nc(-c3ccc(-c4cccc5c4-c4ccccc4C54c5ccccc5-c5ccccc54)c4ccccc34)nc(-c3cccc4c3oc3ccccc34)n2)cc1. The van der Waals surface area contributed by atoms with Gasteiger partial charge in [0, 0.05) is 21.9 Å². The Morgan fingerprint density at radius 3 is 1.53 bits per heavy atom. The van der Waals surface area contributed by atoms with Crippen molar-refractivity contribution < 1.29 is 4.42 Å². The summed E-state index contributed by atoms with van der Waals surface area (Å²) in [5.41, 5.74) is 16.7. The van der Waals surface area contributed by atoms with Crippen LogP contribution in [0.5, 0.6) is 0 Å². The normalized spacial score (nSPS) is 13.1. The van der Waals surface area contributed by atoms with Gasteiger partial charge in [0.1, 0.15) is 11.2 Å². The van der Waals surface area contributed by atoms with Crippen molar-refractivity contribution in [2.24, 2.45) is 0 Å². The average Bonchev–Trinajstić information content (AvgIpc) is 3.96. The van der Waals surface area contributed by atoms with Crippen LogP contribution in [0.25, 0.3) is 100 Å². The summed E-state index contributed by atoms with van der Waals surface area (Å²) in [7, 11) is 0. The summed E-state index contributed by atoms with van der Waals surface area (Å²) >= 11 is 0. The Morgan fingerprint density at radius 2 is 0.783 bits per heavy atom. The lowest BCUT2D eigenvalue weighted by atomic mass is 9.70. The first-order valence-electron chi connectivity index (χ1n) is 20.4. The number of aromatic nitrogens is 3. The van der Waals surface area contributed by atoms with E-state index in [1.807, 2.05) is 54.6 Å². The summed E-state index contributed by atoms with van der Waals surface area (Å²) < 4.78 is 6.50. The third-order valence-electron chi connectivity index (χ3n) is 12.8. The number of hydrogen-bond acceptors (Lipinski definition) is 4. The van der Waals surface area contributed by atoms with Crippen LogP contribution in [-0.4, -0.2) is 15.0 Å². The molecule has 0 amide bonds. The van der Waals surface area contributed by atoms with Crippen LogP contribution in [0.2, 0.25) is 0 Å². The molecule has 0 unspecified atom stereocenters. The van der Waals surface area contributed by atoms with Gasteiger partial charge in [0.25, 0.3) is 0 Å². The summed E-state index contributed by atoms with van der Waals surface area (Å²) in [6.07, 6.45) is 0. The van der Waals surface area contributed by atoms with E-state index in [2.05, 4.69) is 146 Å². The van der Waals surface area contributed by atoms with Crippen molar-refractivity contribution in [1.82, 2.24) is 15.0 Å². The number of nitrogens with zero attached hydrogens (tertiary/aromatic N) is 3. The predicted molar refractivity (Wildman–Crippen MR) is 243 cm³/mol. The van der Waals surface area contributed by atoms with Gasteiger partial charge in [-0.3, -0.25) is 0 Å². The highest BCUT2D eigenvalue weighted by Gasteiger charge is 2.52. The molecular weight excluding hydrogens is 731 g/mol. The lowest BCUT2D eigenvalue weighted by molar-refractivity contribution is 0.669. The van der Waals surface area contributed by atoms with E-state index in [-0.39, 0.29) is 0 Å². The minimum absolute atomic E-state index is 0.414. The number of fused-ring (bicyclic) bond motifs is 14. The van der Waals surface area contributed by atoms with Gasteiger partial charge in [0.05, 0.1) is 11.0 Å². The second-order valence-corrected chi connectivity index (χ2v) is 15.8. The van der Waals surface area contributed by atoms with Crippen LogP contribution in [0, 0.1) is 0 Å². The molecule has 2 aliphatic rings. The van der Waals surface area contributed by atoms with Crippen LogP contribution in [0.1, 0.15) is 22.3 Å². The average molecular weight is 764 g/mol. The highest BCUT2D eigenvalue weighted by molar-refractivity contribution is 6.10. The van der Waals surface area contributed by atoms with E-state index >= 15 is 0 Å². The third-order valence-corrected chi connectivity index (χ3v) is 12.8. The quantitative estimate of drug-likeness (QED) is 0.179. The molecule has 0 aliphatic heterocycles. The van der Waals surface area contributed by atoms with Crippen molar-refractivity contribution in [2.75, 3.05) is 0 Å². The van der Waals surface area contributed by atoms with Gasteiger partial charge in [-0.15, -0.1) is 0 Å². The molecule has 278 valence electrons. The zero-order valence-electron chi connectivity index (χ0n) is 32.3. The smallest absolute Gasteiger partial charge is 0.167 e. The Kier molecular flexibility index (Phi) is 6.90. The van der Waals surface area contributed by atoms with Crippen LogP contribution in [0.4, 0.5) is 0 Å². The van der Waals surface area contributed by atoms with Crippen molar-refractivity contribution >= 4 is 32.7 Å². The molecule has 0 radical (unpaired) electrons. The van der Waals surface area contributed by atoms with Crippen LogP contribution >= 0.6 is 0 Å². The molecule has 0 atom stereocenters. The van der Waals surface area contributed by atoms with Gasteiger partial charge in [0.15, 0.2) is 17.5 Å². The fourth-order valence-corrected chi connectivity index (χ4v) is 10.4. The van der Waals surface area contributed by atoms with Gasteiger partial charge in [-0.25, -0.2) is 15.0 Å². The summed E-state index contributed by atoms with van der Waals surface area (Å²) in [6.45, 7) is 0. The molecule has 0 saturated carbocycles. The van der Waals surface area contributed by atoms with Gasteiger partial charge >= 0.3 is 0 Å². The first-order valence-corrected chi connectivity index (χ1v) is 20.4. The Morgan fingerprint density at radius 1 is 0.300 bits per heavy atom. The van der Waals surface area contributed by atoms with E-state index in [0.717, 1.165) is 49.4 Å². The van der Waals surface area contributed by atoms with Gasteiger partial charge in [-0.2, -0.15) is 0 Å². The van der Waals surface area contributed by atoms with E-state index in [1.54, 1.807) is 0 Å². The van der Waals surface area contributed by atoms with Gasteiger partial charge in [0.2, 0.25) is 0 Å². The lowest BCUT2D eigenvalue weighted by Crippen LogP contribution is -2.25. The molecule has 0 N–H and O–H groups in total. The van der Waals surface area contributed by atoms with Crippen molar-refractivity contribution in [3.05, 3.63) is 222 Å². The fourth-order valence-electron chi connectivity index (χ4n) is 10.4. The Bertz CT molecular complexity index is 3520. The summed E-state index contributed by atoms with van der Waals surface area (Å²) in [6, 6.07) is 71.5. The van der Waals surface area contributed by atoms with Crippen LogP contribution in [0.3, 0.4) is 0 Å². The number of benzene rings is 9. The maximum Gasteiger partial charge on any atom is 0.167 e. The van der Waals surface area contributed by atoms with E-state index in [9.17, 15) is 0 Å². The van der Waals surface area contributed by atoms with Gasteiger partial charge in [-0.05, 0) is 84.6 Å². The number of rotatable bonds is 4. The topological polar surface area (TPSA) is 51.8 Å². The molecule has 2 heterocycles. The lowest BCUT2D eigenvalue weighted by Gasteiger charge is -2.30. The molecule has 4 nitrogen and oxygen atoms in total. The van der Waals surface area contributed by atoms with Crippen LogP contribution in [-0.2, 0) is 5.41 Å². The fraction of sp³-hybridized carbons (Fsp3) is 0.0179. The zero-order chi connectivity index (χ0) is 39.4. The summed E-state index contributed by atoms with van der Waals surface area (Å²) in [5, 5.41) is 4.31. The highest BCUT2D eigenvalue weighted by Crippen LogP contribution is 2.64. The Hall–Kier alpha value is -7.95. The Balaban J connectivity index is 1.04. The molecular formula is C56H33N3O. The highest BCUT2D eigenvalue weighted by atomic mass is 16.3. The molecule has 0 saturated heterocycles. The summed E-state index contributed by atoms with van der Waals surface area (Å²) in [5.74, 6) is 1.78. The number of furan rings is 1. The molecule has 2 aliphatic carbocycles. The maximum atomic E-state index is 6.50. The second kappa shape index (κ2) is 12.5. The molecule has 0 bridgehead atoms. The standard InChI is InChI=1S/C56H33N3O/c1-2-16-34(17-3-1)53-57-54(59-55(58-53)45-26-14-25-42-40-22-9-13-31-50(40)60-52(42)45)43-33-32-37(35-18-4-5-19-36(35)43)41-24-15-30-49-51(41)44-23-8-12-29-48(44)56(49)46-27-10-6-20-38(46)39-21-7-11-28-47(39)56/h1-33H. The van der Waals surface area contributed by atoms with E-state index in [0.29, 0.717) is 17.5 Å². The molecule has 0 fully saturated rings. The third kappa shape index (κ3) is 4.47. The first kappa shape index (κ1) is 33.1. The van der Waals surface area contributed by atoms with Gasteiger partial charge < -0.3 is 4.42 Å². The largest absolute Gasteiger partial charge is 0.455 e. The number of para-hydroxylation sites is 2. The van der Waals surface area contributed by atoms with E-state index in [4.69, 9.17) is 19.4 Å². The van der Waals surface area contributed by atoms with Crippen molar-refractivity contribution in [1.29, 1.82) is 0 Å². The molecule has 11 aromatic rings. The van der Waals surface area contributed by atoms with Gasteiger partial charge in [-0.1, -0.05) is 182 Å². The van der Waals surface area contributed by atoms with Crippen molar-refractivity contribution in [3.63, 3.8) is 0 Å². The van der Waals surface area contributed by atoms with Crippen molar-refractivity contribution in [3.8, 4) is 67.5 Å². The zero-order valence-corrected chi connectivity index (χ0v) is 32.3. The second-order valence-electron chi connectivity index (χ2n) is 15.8. The van der Waals surface area contributed by atoms with Crippen LogP contribution < -0.4 is 0 Å². The monoisotopic (exact) mass is 763 g/mol.